The molecule has 2 rings (SSSR count). The maximum atomic E-state index is 13.2. The van der Waals surface area contributed by atoms with Crippen LogP contribution < -0.4 is 9.46 Å². The topological polar surface area (TPSA) is 55.4 Å². The molecule has 0 saturated heterocycles. The van der Waals surface area contributed by atoms with Crippen molar-refractivity contribution in [3.05, 3.63) is 53.8 Å². The van der Waals surface area contributed by atoms with Gasteiger partial charge in [-0.25, -0.2) is 12.8 Å². The average Bonchev–Trinajstić information content (AvgIpc) is 2.43. The Morgan fingerprint density at radius 3 is 2.32 bits per heavy atom. The van der Waals surface area contributed by atoms with E-state index in [0.717, 1.165) is 12.1 Å². The van der Waals surface area contributed by atoms with E-state index in [4.69, 9.17) is 0 Å². The maximum Gasteiger partial charge on any atom is 0.387 e. The van der Waals surface area contributed by atoms with E-state index in [-0.39, 0.29) is 16.3 Å². The number of alkyl halides is 2. The minimum atomic E-state index is -3.98. The van der Waals surface area contributed by atoms with E-state index in [1.54, 1.807) is 0 Å². The predicted molar refractivity (Wildman–Crippen MR) is 75.0 cm³/mol. The highest BCUT2D eigenvalue weighted by molar-refractivity contribution is 7.92. The van der Waals surface area contributed by atoms with Crippen molar-refractivity contribution >= 4 is 15.7 Å². The van der Waals surface area contributed by atoms with Crippen LogP contribution in [-0.2, 0) is 10.0 Å². The second-order valence-corrected chi connectivity index (χ2v) is 6.07. The summed E-state index contributed by atoms with van der Waals surface area (Å²) in [5, 5.41) is 0. The number of rotatable bonds is 5. The van der Waals surface area contributed by atoms with Crippen LogP contribution in [0.3, 0.4) is 0 Å². The van der Waals surface area contributed by atoms with Gasteiger partial charge < -0.3 is 4.74 Å². The molecular formula is C14H12F3NO3S. The summed E-state index contributed by atoms with van der Waals surface area (Å²) in [5.74, 6) is -0.772. The molecule has 8 heteroatoms. The van der Waals surface area contributed by atoms with Crippen molar-refractivity contribution < 1.29 is 26.3 Å². The van der Waals surface area contributed by atoms with Crippen LogP contribution in [0, 0.1) is 12.7 Å². The number of hydrogen-bond donors (Lipinski definition) is 1. The number of sulfonamides is 1. The highest BCUT2D eigenvalue weighted by Gasteiger charge is 2.18. The fourth-order valence-corrected chi connectivity index (χ4v) is 3.09. The number of anilines is 1. The molecule has 118 valence electrons. The first-order valence-corrected chi connectivity index (χ1v) is 7.60. The summed E-state index contributed by atoms with van der Waals surface area (Å²) in [7, 11) is -3.98. The highest BCUT2D eigenvalue weighted by atomic mass is 32.2. The Balaban J connectivity index is 2.23. The van der Waals surface area contributed by atoms with Crippen LogP contribution in [0.5, 0.6) is 5.75 Å². The molecule has 0 fully saturated rings. The molecule has 0 heterocycles. The zero-order valence-corrected chi connectivity index (χ0v) is 12.2. The quantitative estimate of drug-likeness (QED) is 0.912. The van der Waals surface area contributed by atoms with Crippen molar-refractivity contribution in [1.29, 1.82) is 0 Å². The van der Waals surface area contributed by atoms with Crippen molar-refractivity contribution in [3.63, 3.8) is 0 Å². The fraction of sp³-hybridized carbons (Fsp3) is 0.143. The van der Waals surface area contributed by atoms with Crippen LogP contribution >= 0.6 is 0 Å². The van der Waals surface area contributed by atoms with Gasteiger partial charge in [0.05, 0.1) is 4.90 Å². The first kappa shape index (κ1) is 16.2. The van der Waals surface area contributed by atoms with E-state index < -0.39 is 22.5 Å². The summed E-state index contributed by atoms with van der Waals surface area (Å²) in [4.78, 5) is -0.194. The molecule has 0 aromatic heterocycles. The van der Waals surface area contributed by atoms with E-state index in [1.165, 1.54) is 37.3 Å². The third kappa shape index (κ3) is 3.91. The van der Waals surface area contributed by atoms with Gasteiger partial charge in [0.1, 0.15) is 11.6 Å². The molecule has 0 aliphatic heterocycles. The smallest absolute Gasteiger partial charge is 0.387 e. The summed E-state index contributed by atoms with van der Waals surface area (Å²) in [6, 6.07) is 8.35. The van der Waals surface area contributed by atoms with E-state index in [1.807, 2.05) is 0 Å². The molecule has 22 heavy (non-hydrogen) atoms. The molecule has 2 aromatic carbocycles. The number of benzene rings is 2. The molecular weight excluding hydrogens is 319 g/mol. The summed E-state index contributed by atoms with van der Waals surface area (Å²) < 4.78 is 68.1. The Bertz CT molecular complexity index is 761. The molecule has 1 N–H and O–H groups in total. The van der Waals surface area contributed by atoms with E-state index in [9.17, 15) is 21.6 Å². The van der Waals surface area contributed by atoms with Gasteiger partial charge in [0.15, 0.2) is 0 Å². The normalized spacial score (nSPS) is 11.5. The fourth-order valence-electron chi connectivity index (χ4n) is 1.78. The van der Waals surface area contributed by atoms with Gasteiger partial charge in [0.2, 0.25) is 0 Å². The molecule has 0 radical (unpaired) electrons. The van der Waals surface area contributed by atoms with Crippen LogP contribution in [0.2, 0.25) is 0 Å². The first-order chi connectivity index (χ1) is 10.3. The largest absolute Gasteiger partial charge is 0.435 e. The summed E-state index contributed by atoms with van der Waals surface area (Å²) in [5.41, 5.74) is 0.525. The summed E-state index contributed by atoms with van der Waals surface area (Å²) >= 11 is 0. The standard InChI is InChI=1S/C14H12F3NO3S/c1-9-2-3-10(15)8-13(9)22(19,20)18-11-4-6-12(7-5-11)21-14(16)17/h2-8,14,18H,1H3. The highest BCUT2D eigenvalue weighted by Crippen LogP contribution is 2.22. The van der Waals surface area contributed by atoms with Gasteiger partial charge in [0, 0.05) is 5.69 Å². The van der Waals surface area contributed by atoms with E-state index in [2.05, 4.69) is 9.46 Å². The zero-order chi connectivity index (χ0) is 16.3. The molecule has 0 saturated carbocycles. The molecule has 4 nitrogen and oxygen atoms in total. The van der Waals surface area contributed by atoms with Crippen molar-refractivity contribution in [2.24, 2.45) is 0 Å². The Hall–Kier alpha value is -2.22. The Morgan fingerprint density at radius 1 is 1.09 bits per heavy atom. The summed E-state index contributed by atoms with van der Waals surface area (Å²) in [6.07, 6.45) is 0. The van der Waals surface area contributed by atoms with Crippen LogP contribution in [0.15, 0.2) is 47.4 Å². The van der Waals surface area contributed by atoms with Gasteiger partial charge in [-0.1, -0.05) is 6.07 Å². The van der Waals surface area contributed by atoms with Crippen LogP contribution in [0.4, 0.5) is 18.9 Å². The second kappa shape index (κ2) is 6.27. The van der Waals surface area contributed by atoms with E-state index >= 15 is 0 Å². The third-order valence-electron chi connectivity index (χ3n) is 2.77. The lowest BCUT2D eigenvalue weighted by molar-refractivity contribution is -0.0498. The molecule has 2 aromatic rings. The SMILES string of the molecule is Cc1ccc(F)cc1S(=O)(=O)Nc1ccc(OC(F)F)cc1. The number of nitrogens with one attached hydrogen (secondary N) is 1. The number of aryl methyl sites for hydroxylation is 1. The van der Waals surface area contributed by atoms with Crippen LogP contribution in [0.25, 0.3) is 0 Å². The molecule has 0 amide bonds. The van der Waals surface area contributed by atoms with Gasteiger partial charge in [0.25, 0.3) is 10.0 Å². The van der Waals surface area contributed by atoms with Gasteiger partial charge >= 0.3 is 6.61 Å². The van der Waals surface area contributed by atoms with Gasteiger partial charge in [-0.15, -0.1) is 0 Å². The van der Waals surface area contributed by atoms with Crippen LogP contribution in [0.1, 0.15) is 5.56 Å². The van der Waals surface area contributed by atoms with E-state index in [0.29, 0.717) is 5.56 Å². The van der Waals surface area contributed by atoms with Crippen molar-refractivity contribution in [1.82, 2.24) is 0 Å². The summed E-state index contributed by atoms with van der Waals surface area (Å²) in [6.45, 7) is -1.43. The van der Waals surface area contributed by atoms with Gasteiger partial charge in [-0.05, 0) is 48.9 Å². The van der Waals surface area contributed by atoms with Crippen molar-refractivity contribution in [2.45, 2.75) is 18.4 Å². The molecule has 0 spiro atoms. The number of ether oxygens (including phenoxy) is 1. The Labute approximate surface area is 125 Å². The third-order valence-corrected chi connectivity index (χ3v) is 4.29. The maximum absolute atomic E-state index is 13.2. The lowest BCUT2D eigenvalue weighted by Gasteiger charge is -2.11. The molecule has 0 bridgehead atoms. The number of halogens is 3. The monoisotopic (exact) mass is 331 g/mol. The van der Waals surface area contributed by atoms with Crippen molar-refractivity contribution in [3.8, 4) is 5.75 Å². The molecule has 0 atom stereocenters. The second-order valence-electron chi connectivity index (χ2n) is 4.42. The molecule has 0 aliphatic carbocycles. The van der Waals surface area contributed by atoms with Crippen molar-refractivity contribution in [2.75, 3.05) is 4.72 Å². The molecule has 0 unspecified atom stereocenters. The predicted octanol–water partition coefficient (Wildman–Crippen LogP) is 3.54. The first-order valence-electron chi connectivity index (χ1n) is 6.12. The van der Waals surface area contributed by atoms with Crippen LogP contribution in [-0.4, -0.2) is 15.0 Å². The zero-order valence-electron chi connectivity index (χ0n) is 11.4. The lowest BCUT2D eigenvalue weighted by atomic mass is 10.2. The van der Waals surface area contributed by atoms with Gasteiger partial charge in [-0.3, -0.25) is 4.72 Å². The Kier molecular flexibility index (Phi) is 4.60. The minimum absolute atomic E-state index is 0.0973. The molecule has 0 aliphatic rings. The number of hydrogen-bond acceptors (Lipinski definition) is 3. The average molecular weight is 331 g/mol. The van der Waals surface area contributed by atoms with Gasteiger partial charge in [-0.2, -0.15) is 8.78 Å². The Morgan fingerprint density at radius 2 is 1.73 bits per heavy atom. The lowest BCUT2D eigenvalue weighted by Crippen LogP contribution is -2.14. The minimum Gasteiger partial charge on any atom is -0.435 e.